The molecule has 0 amide bonds. The van der Waals surface area contributed by atoms with Crippen molar-refractivity contribution in [2.75, 3.05) is 5.32 Å². The van der Waals surface area contributed by atoms with Crippen LogP contribution in [0.1, 0.15) is 62.2 Å². The molecule has 1 heterocycles. The van der Waals surface area contributed by atoms with Gasteiger partial charge in [-0.25, -0.2) is 0 Å². The number of fused-ring (bicyclic) bond motifs is 7. The number of aromatic hydroxyl groups is 1. The van der Waals surface area contributed by atoms with Crippen molar-refractivity contribution in [3.05, 3.63) is 69.8 Å². The molecule has 2 aliphatic carbocycles. The number of allylic oxidation sites excluding steroid dienone is 2. The summed E-state index contributed by atoms with van der Waals surface area (Å²) in [6.45, 7) is 1.93. The molecule has 3 aliphatic rings. The minimum atomic E-state index is -0.717. The van der Waals surface area contributed by atoms with Crippen LogP contribution in [0.3, 0.4) is 0 Å². The molecule has 1 aliphatic heterocycles. The van der Waals surface area contributed by atoms with Crippen LogP contribution in [0.2, 0.25) is 0 Å². The summed E-state index contributed by atoms with van der Waals surface area (Å²) in [4.78, 5) is 27.0. The second-order valence-corrected chi connectivity index (χ2v) is 8.55. The number of aliphatic hydroxyl groups excluding tert-OH is 1. The molecular weight excluding hydrogens is 416 g/mol. The molecule has 0 saturated carbocycles. The van der Waals surface area contributed by atoms with Crippen LogP contribution in [-0.2, 0) is 6.54 Å². The number of nitrogens with one attached hydrogen (secondary N) is 1. The fourth-order valence-corrected chi connectivity index (χ4v) is 5.10. The fraction of sp³-hybridized carbons (Fsp3) is 0.259. The minimum Gasteiger partial charge on any atom is -0.507 e. The Balaban J connectivity index is 1.76. The molecule has 0 saturated heterocycles. The molecule has 0 aromatic heterocycles. The van der Waals surface area contributed by atoms with E-state index in [9.17, 15) is 19.8 Å². The molecule has 164 valence electrons. The van der Waals surface area contributed by atoms with E-state index in [0.717, 1.165) is 5.56 Å². The Bertz CT molecular complexity index is 1360. The molecular formula is C27H22N2O4. The normalized spacial score (nSPS) is 23.9. The SMILES string of the molecule is C[C@@H](O)C1C2CC#C/C=C\C#C[C@@H]1Nc1c2cc(O)c2c1C(=O)c1ccc(CN)cc1C2=O. The number of ketones is 2. The van der Waals surface area contributed by atoms with Crippen LogP contribution in [-0.4, -0.2) is 33.9 Å². The van der Waals surface area contributed by atoms with Crippen molar-refractivity contribution in [1.29, 1.82) is 0 Å². The van der Waals surface area contributed by atoms with Gasteiger partial charge in [-0.2, -0.15) is 0 Å². The number of rotatable bonds is 2. The van der Waals surface area contributed by atoms with Gasteiger partial charge in [0.1, 0.15) is 5.75 Å². The van der Waals surface area contributed by atoms with Crippen molar-refractivity contribution < 1.29 is 19.8 Å². The summed E-state index contributed by atoms with van der Waals surface area (Å²) in [7, 11) is 0. The predicted molar refractivity (Wildman–Crippen MR) is 124 cm³/mol. The number of carbonyl (C=O) groups excluding carboxylic acids is 2. The van der Waals surface area contributed by atoms with Crippen LogP contribution < -0.4 is 11.1 Å². The number of phenolic OH excluding ortho intramolecular Hbond substituents is 1. The third kappa shape index (κ3) is 3.24. The standard InChI is InChI=1S/C27H22N2O4/c1-14(30)22-16-7-5-3-2-4-6-8-20(22)29-25-18(16)12-21(31)23-24(25)26(32)17-10-9-15(13-28)11-19(17)27(23)33/h2,4,9-12,14,16,20,22,29-31H,7,13,28H2,1H3/b4-2-/t14-,16?,20+,22?/m1/s1. The number of benzene rings is 2. The van der Waals surface area contributed by atoms with Crippen LogP contribution in [0.5, 0.6) is 5.75 Å². The monoisotopic (exact) mass is 438 g/mol. The van der Waals surface area contributed by atoms with Crippen molar-refractivity contribution in [3.63, 3.8) is 0 Å². The first-order valence-electron chi connectivity index (χ1n) is 10.8. The Morgan fingerprint density at radius 1 is 1.12 bits per heavy atom. The Morgan fingerprint density at radius 3 is 2.64 bits per heavy atom. The Hall–Kier alpha value is -3.84. The van der Waals surface area contributed by atoms with Gasteiger partial charge in [-0.05, 0) is 48.4 Å². The van der Waals surface area contributed by atoms with Crippen molar-refractivity contribution >= 4 is 17.3 Å². The number of carbonyl (C=O) groups is 2. The maximum Gasteiger partial charge on any atom is 0.198 e. The van der Waals surface area contributed by atoms with Crippen molar-refractivity contribution in [2.45, 2.75) is 38.0 Å². The lowest BCUT2D eigenvalue weighted by Gasteiger charge is -2.41. The first-order chi connectivity index (χ1) is 15.9. The largest absolute Gasteiger partial charge is 0.507 e. The van der Waals surface area contributed by atoms with E-state index in [0.29, 0.717) is 17.7 Å². The summed E-state index contributed by atoms with van der Waals surface area (Å²) >= 11 is 0. The second kappa shape index (κ2) is 7.94. The summed E-state index contributed by atoms with van der Waals surface area (Å²) in [6.07, 6.45) is 3.01. The average molecular weight is 438 g/mol. The summed E-state index contributed by atoms with van der Waals surface area (Å²) in [6, 6.07) is 6.01. The smallest absolute Gasteiger partial charge is 0.198 e. The zero-order chi connectivity index (χ0) is 23.3. The van der Waals surface area contributed by atoms with Gasteiger partial charge in [0.25, 0.3) is 0 Å². The highest BCUT2D eigenvalue weighted by atomic mass is 16.3. The fourth-order valence-electron chi connectivity index (χ4n) is 5.10. The Kier molecular flexibility index (Phi) is 5.06. The number of anilines is 1. The number of aliphatic hydroxyl groups is 1. The minimum absolute atomic E-state index is 0.0213. The van der Waals surface area contributed by atoms with Gasteiger partial charge in [-0.1, -0.05) is 29.7 Å². The molecule has 0 spiro atoms. The first-order valence-corrected chi connectivity index (χ1v) is 10.8. The summed E-state index contributed by atoms with van der Waals surface area (Å²) in [5.41, 5.74) is 8.20. The lowest BCUT2D eigenvalue weighted by atomic mass is 9.70. The van der Waals surface area contributed by atoms with Crippen molar-refractivity contribution in [3.8, 4) is 29.4 Å². The van der Waals surface area contributed by atoms with E-state index in [1.165, 1.54) is 6.07 Å². The number of phenols is 1. The molecule has 6 heteroatoms. The highest BCUT2D eigenvalue weighted by Crippen LogP contribution is 2.48. The van der Waals surface area contributed by atoms with Gasteiger partial charge in [0.2, 0.25) is 0 Å². The molecule has 2 bridgehead atoms. The van der Waals surface area contributed by atoms with E-state index < -0.39 is 17.9 Å². The number of nitrogens with two attached hydrogens (primary N) is 1. The molecule has 33 heavy (non-hydrogen) atoms. The third-order valence-corrected chi connectivity index (χ3v) is 6.62. The van der Waals surface area contributed by atoms with E-state index in [1.807, 2.05) is 0 Å². The average Bonchev–Trinajstić information content (AvgIpc) is 2.80. The van der Waals surface area contributed by atoms with Gasteiger partial charge in [0.05, 0.1) is 29.0 Å². The van der Waals surface area contributed by atoms with E-state index in [2.05, 4.69) is 29.0 Å². The second-order valence-electron chi connectivity index (χ2n) is 8.55. The van der Waals surface area contributed by atoms with Crippen LogP contribution >= 0.6 is 0 Å². The van der Waals surface area contributed by atoms with Crippen molar-refractivity contribution in [1.82, 2.24) is 0 Å². The van der Waals surface area contributed by atoms with Gasteiger partial charge in [0, 0.05) is 35.9 Å². The lowest BCUT2D eigenvalue weighted by Crippen LogP contribution is -2.44. The van der Waals surface area contributed by atoms with E-state index in [4.69, 9.17) is 5.73 Å². The molecule has 0 fully saturated rings. The Morgan fingerprint density at radius 2 is 1.88 bits per heavy atom. The quantitative estimate of drug-likeness (QED) is 0.361. The topological polar surface area (TPSA) is 113 Å². The lowest BCUT2D eigenvalue weighted by molar-refractivity contribution is 0.0971. The third-order valence-electron chi connectivity index (χ3n) is 6.62. The number of hydrogen-bond donors (Lipinski definition) is 4. The van der Waals surface area contributed by atoms with Gasteiger partial charge >= 0.3 is 0 Å². The predicted octanol–water partition coefficient (Wildman–Crippen LogP) is 2.47. The summed E-state index contributed by atoms with van der Waals surface area (Å²) < 4.78 is 0. The van der Waals surface area contributed by atoms with Gasteiger partial charge in [0.15, 0.2) is 11.6 Å². The van der Waals surface area contributed by atoms with Gasteiger partial charge < -0.3 is 21.3 Å². The molecule has 2 unspecified atom stereocenters. The number of hydrogen-bond acceptors (Lipinski definition) is 6. The summed E-state index contributed by atoms with van der Waals surface area (Å²) in [5.74, 6) is 10.5. The maximum absolute atomic E-state index is 13.6. The molecule has 4 atom stereocenters. The Labute approximate surface area is 191 Å². The van der Waals surface area contributed by atoms with Crippen LogP contribution in [0.15, 0.2) is 36.4 Å². The van der Waals surface area contributed by atoms with Crippen LogP contribution in [0, 0.1) is 29.6 Å². The van der Waals surface area contributed by atoms with E-state index in [-0.39, 0.29) is 52.2 Å². The van der Waals surface area contributed by atoms with Crippen LogP contribution in [0.25, 0.3) is 0 Å². The molecule has 2 aromatic carbocycles. The van der Waals surface area contributed by atoms with Gasteiger partial charge in [-0.15, -0.1) is 0 Å². The zero-order valence-corrected chi connectivity index (χ0v) is 18.0. The van der Waals surface area contributed by atoms with Gasteiger partial charge in [-0.3, -0.25) is 9.59 Å². The summed E-state index contributed by atoms with van der Waals surface area (Å²) in [5, 5.41) is 24.9. The zero-order valence-electron chi connectivity index (χ0n) is 18.0. The molecule has 5 N–H and O–H groups in total. The molecule has 0 radical (unpaired) electrons. The highest BCUT2D eigenvalue weighted by molar-refractivity contribution is 6.31. The van der Waals surface area contributed by atoms with E-state index >= 15 is 0 Å². The van der Waals surface area contributed by atoms with Crippen LogP contribution in [0.4, 0.5) is 5.69 Å². The first kappa shape index (κ1) is 21.0. The van der Waals surface area contributed by atoms with E-state index in [1.54, 1.807) is 37.3 Å². The molecule has 6 nitrogen and oxygen atoms in total. The van der Waals surface area contributed by atoms with Crippen molar-refractivity contribution in [2.24, 2.45) is 11.7 Å². The highest BCUT2D eigenvalue weighted by Gasteiger charge is 2.43. The maximum atomic E-state index is 13.6. The molecule has 2 aromatic rings. The molecule has 5 rings (SSSR count).